The van der Waals surface area contributed by atoms with Crippen molar-refractivity contribution in [2.75, 3.05) is 6.61 Å². The third kappa shape index (κ3) is 2.10. The third-order valence-corrected chi connectivity index (χ3v) is 2.58. The summed E-state index contributed by atoms with van der Waals surface area (Å²) in [4.78, 5) is 11.1. The molecular weight excluding hydrogens is 192 g/mol. The van der Waals surface area contributed by atoms with Gasteiger partial charge in [-0.3, -0.25) is 0 Å². The van der Waals surface area contributed by atoms with Crippen molar-refractivity contribution in [1.29, 1.82) is 0 Å². The van der Waals surface area contributed by atoms with Crippen LogP contribution in [-0.2, 0) is 11.3 Å². The normalized spacial score (nSPS) is 20.6. The van der Waals surface area contributed by atoms with Crippen LogP contribution in [0.25, 0.3) is 0 Å². The number of alkyl carbamates (subject to hydrolysis) is 1. The van der Waals surface area contributed by atoms with E-state index in [-0.39, 0.29) is 12.1 Å². The van der Waals surface area contributed by atoms with E-state index in [9.17, 15) is 4.79 Å². The van der Waals surface area contributed by atoms with Crippen molar-refractivity contribution in [1.82, 2.24) is 5.32 Å². The first kappa shape index (κ1) is 9.98. The predicted molar refractivity (Wildman–Crippen MR) is 56.2 cm³/mol. The second-order valence-corrected chi connectivity index (χ2v) is 3.52. The molecular formula is C11H14N2O2. The first-order valence-electron chi connectivity index (χ1n) is 5.02. The van der Waals surface area contributed by atoms with Crippen molar-refractivity contribution in [2.24, 2.45) is 5.73 Å². The molecule has 1 unspecified atom stereocenters. The van der Waals surface area contributed by atoms with Crippen molar-refractivity contribution in [3.63, 3.8) is 0 Å². The minimum Gasteiger partial charge on any atom is -0.449 e. The molecule has 1 aromatic rings. The molecule has 0 aliphatic carbocycles. The SMILES string of the molecule is NCc1ccccc1C1CCOC(=O)N1. The van der Waals surface area contributed by atoms with Crippen molar-refractivity contribution in [2.45, 2.75) is 19.0 Å². The van der Waals surface area contributed by atoms with E-state index in [4.69, 9.17) is 10.5 Å². The zero-order chi connectivity index (χ0) is 10.7. The van der Waals surface area contributed by atoms with Crippen LogP contribution in [0, 0.1) is 0 Å². The van der Waals surface area contributed by atoms with E-state index in [1.54, 1.807) is 0 Å². The maximum Gasteiger partial charge on any atom is 0.407 e. The molecule has 1 atom stereocenters. The van der Waals surface area contributed by atoms with Crippen LogP contribution in [0.4, 0.5) is 4.79 Å². The summed E-state index contributed by atoms with van der Waals surface area (Å²) in [6.07, 6.45) is 0.445. The van der Waals surface area contributed by atoms with Gasteiger partial charge in [-0.15, -0.1) is 0 Å². The molecule has 0 spiro atoms. The van der Waals surface area contributed by atoms with E-state index in [1.807, 2.05) is 24.3 Å². The molecule has 1 amide bonds. The Morgan fingerprint density at radius 1 is 1.47 bits per heavy atom. The van der Waals surface area contributed by atoms with Crippen molar-refractivity contribution >= 4 is 6.09 Å². The first-order chi connectivity index (χ1) is 7.31. The molecule has 0 saturated carbocycles. The maximum atomic E-state index is 11.1. The number of carbonyl (C=O) groups is 1. The Labute approximate surface area is 88.4 Å². The molecule has 1 aliphatic heterocycles. The monoisotopic (exact) mass is 206 g/mol. The van der Waals surface area contributed by atoms with Crippen molar-refractivity contribution < 1.29 is 9.53 Å². The fraction of sp³-hybridized carbons (Fsp3) is 0.364. The minimum atomic E-state index is -0.349. The second kappa shape index (κ2) is 4.31. The Kier molecular flexibility index (Phi) is 2.87. The van der Waals surface area contributed by atoms with Gasteiger partial charge in [-0.2, -0.15) is 0 Å². The molecule has 2 rings (SSSR count). The fourth-order valence-electron chi connectivity index (χ4n) is 1.82. The van der Waals surface area contributed by atoms with Crippen LogP contribution in [-0.4, -0.2) is 12.7 Å². The average molecular weight is 206 g/mol. The Balaban J connectivity index is 2.24. The summed E-state index contributed by atoms with van der Waals surface area (Å²) in [5.74, 6) is 0. The summed E-state index contributed by atoms with van der Waals surface area (Å²) in [5, 5.41) is 2.79. The Hall–Kier alpha value is -1.55. The largest absolute Gasteiger partial charge is 0.449 e. The van der Waals surface area contributed by atoms with Crippen LogP contribution >= 0.6 is 0 Å². The lowest BCUT2D eigenvalue weighted by atomic mass is 9.98. The van der Waals surface area contributed by atoms with Crippen LogP contribution in [0.2, 0.25) is 0 Å². The Bertz CT molecular complexity index is 365. The number of hydrogen-bond acceptors (Lipinski definition) is 3. The van der Waals surface area contributed by atoms with Gasteiger partial charge in [-0.1, -0.05) is 24.3 Å². The third-order valence-electron chi connectivity index (χ3n) is 2.58. The van der Waals surface area contributed by atoms with Crippen LogP contribution < -0.4 is 11.1 Å². The van der Waals surface area contributed by atoms with E-state index in [2.05, 4.69) is 5.32 Å². The van der Waals surface area contributed by atoms with Crippen molar-refractivity contribution in [3.05, 3.63) is 35.4 Å². The Morgan fingerprint density at radius 2 is 2.27 bits per heavy atom. The number of benzene rings is 1. The van der Waals surface area contributed by atoms with Gasteiger partial charge in [0.2, 0.25) is 0 Å². The summed E-state index contributed by atoms with van der Waals surface area (Å²) in [6.45, 7) is 0.957. The molecule has 4 nitrogen and oxygen atoms in total. The lowest BCUT2D eigenvalue weighted by molar-refractivity contribution is 0.115. The summed E-state index contributed by atoms with van der Waals surface area (Å²) in [7, 11) is 0. The molecule has 80 valence electrons. The molecule has 4 heteroatoms. The summed E-state index contributed by atoms with van der Waals surface area (Å²) in [6, 6.07) is 7.92. The highest BCUT2D eigenvalue weighted by Crippen LogP contribution is 2.23. The van der Waals surface area contributed by atoms with E-state index in [0.717, 1.165) is 17.5 Å². The quantitative estimate of drug-likeness (QED) is 0.767. The number of hydrogen-bond donors (Lipinski definition) is 2. The highest BCUT2D eigenvalue weighted by atomic mass is 16.5. The number of carbonyl (C=O) groups excluding carboxylic acids is 1. The maximum absolute atomic E-state index is 11.1. The minimum absolute atomic E-state index is 0.0333. The highest BCUT2D eigenvalue weighted by molar-refractivity contribution is 5.68. The Morgan fingerprint density at radius 3 is 3.00 bits per heavy atom. The predicted octanol–water partition coefficient (Wildman–Crippen LogP) is 1.32. The smallest absolute Gasteiger partial charge is 0.407 e. The lowest BCUT2D eigenvalue weighted by Gasteiger charge is -2.25. The van der Waals surface area contributed by atoms with E-state index < -0.39 is 0 Å². The number of amides is 1. The van der Waals surface area contributed by atoms with Crippen LogP contribution in [0.1, 0.15) is 23.6 Å². The van der Waals surface area contributed by atoms with Gasteiger partial charge in [-0.05, 0) is 11.1 Å². The molecule has 1 heterocycles. The zero-order valence-corrected chi connectivity index (χ0v) is 8.40. The van der Waals surface area contributed by atoms with Gasteiger partial charge in [0.25, 0.3) is 0 Å². The topological polar surface area (TPSA) is 64.3 Å². The van der Waals surface area contributed by atoms with Gasteiger partial charge >= 0.3 is 6.09 Å². The molecule has 15 heavy (non-hydrogen) atoms. The number of nitrogens with one attached hydrogen (secondary N) is 1. The molecule has 0 radical (unpaired) electrons. The molecule has 1 aromatic carbocycles. The van der Waals surface area contributed by atoms with E-state index >= 15 is 0 Å². The van der Waals surface area contributed by atoms with E-state index in [0.29, 0.717) is 13.2 Å². The molecule has 1 fully saturated rings. The van der Waals surface area contributed by atoms with Gasteiger partial charge < -0.3 is 15.8 Å². The first-order valence-corrected chi connectivity index (χ1v) is 5.02. The highest BCUT2D eigenvalue weighted by Gasteiger charge is 2.22. The molecule has 1 saturated heterocycles. The fourth-order valence-corrected chi connectivity index (χ4v) is 1.82. The number of cyclic esters (lactones) is 1. The molecule has 1 aliphatic rings. The lowest BCUT2D eigenvalue weighted by Crippen LogP contribution is -2.35. The number of nitrogens with two attached hydrogens (primary N) is 1. The van der Waals surface area contributed by atoms with Crippen LogP contribution in [0.3, 0.4) is 0 Å². The van der Waals surface area contributed by atoms with E-state index in [1.165, 1.54) is 0 Å². The zero-order valence-electron chi connectivity index (χ0n) is 8.40. The summed E-state index contributed by atoms with van der Waals surface area (Å²) in [5.41, 5.74) is 7.82. The van der Waals surface area contributed by atoms with Crippen LogP contribution in [0.15, 0.2) is 24.3 Å². The molecule has 0 bridgehead atoms. The van der Waals surface area contributed by atoms with Gasteiger partial charge in [0, 0.05) is 13.0 Å². The average Bonchev–Trinajstić information content (AvgIpc) is 2.29. The standard InChI is InChI=1S/C11H14N2O2/c12-7-8-3-1-2-4-9(8)10-5-6-15-11(14)13-10/h1-4,10H,5-7,12H2,(H,13,14). The van der Waals surface area contributed by atoms with Gasteiger partial charge in [0.1, 0.15) is 0 Å². The number of rotatable bonds is 2. The number of ether oxygens (including phenoxy) is 1. The molecule has 3 N–H and O–H groups in total. The van der Waals surface area contributed by atoms with Gasteiger partial charge in [0.05, 0.1) is 12.6 Å². The molecule has 0 aromatic heterocycles. The van der Waals surface area contributed by atoms with Crippen LogP contribution in [0.5, 0.6) is 0 Å². The van der Waals surface area contributed by atoms with Gasteiger partial charge in [-0.25, -0.2) is 4.79 Å². The second-order valence-electron chi connectivity index (χ2n) is 3.52. The summed E-state index contributed by atoms with van der Waals surface area (Å²) >= 11 is 0. The van der Waals surface area contributed by atoms with Crippen molar-refractivity contribution in [3.8, 4) is 0 Å². The van der Waals surface area contributed by atoms with Gasteiger partial charge in [0.15, 0.2) is 0 Å². The summed E-state index contributed by atoms with van der Waals surface area (Å²) < 4.78 is 4.82.